The van der Waals surface area contributed by atoms with Gasteiger partial charge in [0.2, 0.25) is 5.91 Å². The number of aliphatic hydroxyl groups excluding tert-OH is 1. The standard InChI is InChI=1S/C11H19NO4/c1-4-5-6-7(2)10(14)9(11(15)16)12-8(3)13/h4-5,7,9-10,14H,6H2,1-3H3,(H,12,13)(H,15,16)/b5-4+/t7-,9+,10-/m1/s1. The van der Waals surface area contributed by atoms with E-state index < -0.39 is 24.0 Å². The Morgan fingerprint density at radius 2 is 2.00 bits per heavy atom. The zero-order valence-corrected chi connectivity index (χ0v) is 9.80. The number of carbonyl (C=O) groups is 2. The monoisotopic (exact) mass is 229 g/mol. The Balaban J connectivity index is 4.53. The molecule has 92 valence electrons. The quantitative estimate of drug-likeness (QED) is 0.580. The van der Waals surface area contributed by atoms with Crippen molar-refractivity contribution in [1.29, 1.82) is 0 Å². The van der Waals surface area contributed by atoms with E-state index in [1.165, 1.54) is 6.92 Å². The molecule has 0 bridgehead atoms. The molecule has 0 fully saturated rings. The van der Waals surface area contributed by atoms with Crippen molar-refractivity contribution in [3.05, 3.63) is 12.2 Å². The maximum atomic E-state index is 10.9. The fourth-order valence-electron chi connectivity index (χ4n) is 1.33. The first-order valence-electron chi connectivity index (χ1n) is 5.19. The van der Waals surface area contributed by atoms with Crippen molar-refractivity contribution in [2.75, 3.05) is 0 Å². The van der Waals surface area contributed by atoms with Crippen LogP contribution in [0.15, 0.2) is 12.2 Å². The van der Waals surface area contributed by atoms with Crippen LogP contribution in [-0.2, 0) is 9.59 Å². The molecular weight excluding hydrogens is 210 g/mol. The third-order valence-electron chi connectivity index (χ3n) is 2.29. The van der Waals surface area contributed by atoms with Crippen LogP contribution in [0.25, 0.3) is 0 Å². The summed E-state index contributed by atoms with van der Waals surface area (Å²) >= 11 is 0. The average Bonchev–Trinajstić information content (AvgIpc) is 2.20. The highest BCUT2D eigenvalue weighted by Crippen LogP contribution is 2.13. The smallest absolute Gasteiger partial charge is 0.328 e. The van der Waals surface area contributed by atoms with E-state index in [1.807, 2.05) is 19.1 Å². The normalized spacial score (nSPS) is 16.8. The summed E-state index contributed by atoms with van der Waals surface area (Å²) in [6.07, 6.45) is 3.15. The van der Waals surface area contributed by atoms with Gasteiger partial charge in [-0.1, -0.05) is 19.1 Å². The highest BCUT2D eigenvalue weighted by molar-refractivity contribution is 5.82. The van der Waals surface area contributed by atoms with Crippen LogP contribution in [0.4, 0.5) is 0 Å². The lowest BCUT2D eigenvalue weighted by Gasteiger charge is -2.24. The Morgan fingerprint density at radius 1 is 1.44 bits per heavy atom. The number of amides is 1. The molecule has 0 saturated heterocycles. The Bertz CT molecular complexity index is 275. The minimum atomic E-state index is -1.25. The molecule has 0 aliphatic rings. The number of carbonyl (C=O) groups excluding carboxylic acids is 1. The van der Waals surface area contributed by atoms with Gasteiger partial charge in [-0.3, -0.25) is 4.79 Å². The lowest BCUT2D eigenvalue weighted by atomic mass is 9.94. The van der Waals surface area contributed by atoms with Crippen molar-refractivity contribution in [2.45, 2.75) is 39.3 Å². The number of carboxylic acid groups (broad SMARTS) is 1. The molecule has 0 radical (unpaired) electrons. The van der Waals surface area contributed by atoms with Crippen molar-refractivity contribution < 1.29 is 19.8 Å². The molecule has 3 atom stereocenters. The van der Waals surface area contributed by atoms with E-state index in [1.54, 1.807) is 6.92 Å². The Hall–Kier alpha value is -1.36. The summed E-state index contributed by atoms with van der Waals surface area (Å²) in [6, 6.07) is -1.25. The van der Waals surface area contributed by atoms with Gasteiger partial charge in [0, 0.05) is 6.92 Å². The molecule has 5 heteroatoms. The van der Waals surface area contributed by atoms with Crippen molar-refractivity contribution in [3.63, 3.8) is 0 Å². The van der Waals surface area contributed by atoms with Crippen molar-refractivity contribution in [2.24, 2.45) is 5.92 Å². The van der Waals surface area contributed by atoms with E-state index in [0.29, 0.717) is 6.42 Å². The Labute approximate surface area is 95.2 Å². The second-order valence-electron chi connectivity index (χ2n) is 3.79. The number of allylic oxidation sites excluding steroid dienone is 2. The first-order valence-corrected chi connectivity index (χ1v) is 5.19. The van der Waals surface area contributed by atoms with Crippen LogP contribution in [0.5, 0.6) is 0 Å². The van der Waals surface area contributed by atoms with Gasteiger partial charge in [-0.25, -0.2) is 4.79 Å². The van der Waals surface area contributed by atoms with Gasteiger partial charge in [0.05, 0.1) is 6.10 Å². The van der Waals surface area contributed by atoms with Gasteiger partial charge in [-0.15, -0.1) is 0 Å². The van der Waals surface area contributed by atoms with E-state index >= 15 is 0 Å². The molecular formula is C11H19NO4. The molecule has 1 amide bonds. The molecule has 0 unspecified atom stereocenters. The lowest BCUT2D eigenvalue weighted by molar-refractivity contribution is -0.145. The summed E-state index contributed by atoms with van der Waals surface area (Å²) in [5.41, 5.74) is 0. The second kappa shape index (κ2) is 7.00. The molecule has 0 rings (SSSR count). The number of nitrogens with one attached hydrogen (secondary N) is 1. The van der Waals surface area contributed by atoms with Crippen LogP contribution in [-0.4, -0.2) is 34.2 Å². The van der Waals surface area contributed by atoms with Crippen LogP contribution >= 0.6 is 0 Å². The van der Waals surface area contributed by atoms with E-state index in [0.717, 1.165) is 0 Å². The largest absolute Gasteiger partial charge is 0.480 e. The fourth-order valence-corrected chi connectivity index (χ4v) is 1.33. The minimum absolute atomic E-state index is 0.232. The number of aliphatic carboxylic acids is 1. The summed E-state index contributed by atoms with van der Waals surface area (Å²) < 4.78 is 0. The summed E-state index contributed by atoms with van der Waals surface area (Å²) in [5, 5.41) is 20.9. The van der Waals surface area contributed by atoms with Gasteiger partial charge in [-0.2, -0.15) is 0 Å². The van der Waals surface area contributed by atoms with Gasteiger partial charge < -0.3 is 15.5 Å². The highest BCUT2D eigenvalue weighted by atomic mass is 16.4. The third kappa shape index (κ3) is 4.93. The number of carboxylic acids is 1. The molecule has 0 spiro atoms. The maximum Gasteiger partial charge on any atom is 0.328 e. The molecule has 0 saturated carbocycles. The van der Waals surface area contributed by atoms with Crippen LogP contribution in [0, 0.1) is 5.92 Å². The molecule has 5 nitrogen and oxygen atoms in total. The topological polar surface area (TPSA) is 86.6 Å². The van der Waals surface area contributed by atoms with Crippen LogP contribution in [0.2, 0.25) is 0 Å². The predicted octanol–water partition coefficient (Wildman–Crippen LogP) is 0.539. The molecule has 0 aromatic heterocycles. The van der Waals surface area contributed by atoms with Gasteiger partial charge in [0.15, 0.2) is 6.04 Å². The second-order valence-corrected chi connectivity index (χ2v) is 3.79. The van der Waals surface area contributed by atoms with Crippen LogP contribution in [0.3, 0.4) is 0 Å². The SMILES string of the molecule is C/C=C/C[C@@H](C)[C@@H](O)[C@H](NC(C)=O)C(=O)O. The van der Waals surface area contributed by atoms with Crippen molar-refractivity contribution in [1.82, 2.24) is 5.32 Å². The zero-order valence-electron chi connectivity index (χ0n) is 9.80. The summed E-state index contributed by atoms with van der Waals surface area (Å²) in [4.78, 5) is 21.7. The van der Waals surface area contributed by atoms with Gasteiger partial charge >= 0.3 is 5.97 Å². The molecule has 0 aromatic rings. The zero-order chi connectivity index (χ0) is 12.7. The number of hydrogen-bond donors (Lipinski definition) is 3. The van der Waals surface area contributed by atoms with E-state index in [-0.39, 0.29) is 5.92 Å². The lowest BCUT2D eigenvalue weighted by Crippen LogP contribution is -2.50. The first-order chi connectivity index (χ1) is 7.40. The van der Waals surface area contributed by atoms with E-state index in [2.05, 4.69) is 5.32 Å². The van der Waals surface area contributed by atoms with Crippen LogP contribution < -0.4 is 5.32 Å². The number of rotatable bonds is 6. The van der Waals surface area contributed by atoms with Gasteiger partial charge in [0.25, 0.3) is 0 Å². The Morgan fingerprint density at radius 3 is 2.38 bits per heavy atom. The molecule has 3 N–H and O–H groups in total. The maximum absolute atomic E-state index is 10.9. The Kier molecular flexibility index (Phi) is 6.41. The summed E-state index contributed by atoms with van der Waals surface area (Å²) in [7, 11) is 0. The van der Waals surface area contributed by atoms with Crippen molar-refractivity contribution >= 4 is 11.9 Å². The average molecular weight is 229 g/mol. The number of aliphatic hydroxyl groups is 1. The van der Waals surface area contributed by atoms with Gasteiger partial charge in [-0.05, 0) is 19.3 Å². The predicted molar refractivity (Wildman–Crippen MR) is 59.8 cm³/mol. The molecule has 0 aliphatic heterocycles. The van der Waals surface area contributed by atoms with Crippen molar-refractivity contribution in [3.8, 4) is 0 Å². The minimum Gasteiger partial charge on any atom is -0.480 e. The molecule has 16 heavy (non-hydrogen) atoms. The molecule has 0 aliphatic carbocycles. The third-order valence-corrected chi connectivity index (χ3v) is 2.29. The summed E-state index contributed by atoms with van der Waals surface area (Å²) in [6.45, 7) is 4.81. The molecule has 0 heterocycles. The summed E-state index contributed by atoms with van der Waals surface area (Å²) in [5.74, 6) is -1.93. The van der Waals surface area contributed by atoms with Gasteiger partial charge in [0.1, 0.15) is 0 Å². The first kappa shape index (κ1) is 14.6. The molecule has 0 aromatic carbocycles. The highest BCUT2D eigenvalue weighted by Gasteiger charge is 2.30. The van der Waals surface area contributed by atoms with E-state index in [9.17, 15) is 14.7 Å². The number of hydrogen-bond acceptors (Lipinski definition) is 3. The van der Waals surface area contributed by atoms with Crippen LogP contribution in [0.1, 0.15) is 27.2 Å². The fraction of sp³-hybridized carbons (Fsp3) is 0.636. The van der Waals surface area contributed by atoms with E-state index in [4.69, 9.17) is 5.11 Å².